The van der Waals surface area contributed by atoms with Crippen molar-refractivity contribution in [3.8, 4) is 0 Å². The number of piperidine rings is 1. The van der Waals surface area contributed by atoms with Crippen LogP contribution in [0, 0.1) is 17.6 Å². The maximum absolute atomic E-state index is 13.7. The lowest BCUT2D eigenvalue weighted by Gasteiger charge is -2.31. The minimum Gasteiger partial charge on any atom is -0.352 e. The number of para-hydroxylation sites is 1. The van der Waals surface area contributed by atoms with Crippen LogP contribution in [0.1, 0.15) is 18.4 Å². The fourth-order valence-electron chi connectivity index (χ4n) is 3.32. The first-order valence-corrected chi connectivity index (χ1v) is 9.74. The van der Waals surface area contributed by atoms with E-state index in [4.69, 9.17) is 0 Å². The van der Waals surface area contributed by atoms with Gasteiger partial charge >= 0.3 is 0 Å². The predicted molar refractivity (Wildman–Crippen MR) is 103 cm³/mol. The highest BCUT2D eigenvalue weighted by molar-refractivity contribution is 7.22. The number of anilines is 1. The van der Waals surface area contributed by atoms with Gasteiger partial charge in [-0.05, 0) is 31.0 Å². The van der Waals surface area contributed by atoms with Crippen molar-refractivity contribution < 1.29 is 13.6 Å². The highest BCUT2D eigenvalue weighted by Gasteiger charge is 2.26. The van der Waals surface area contributed by atoms with Gasteiger partial charge in [-0.15, -0.1) is 0 Å². The molecule has 0 atom stereocenters. The lowest BCUT2D eigenvalue weighted by atomic mass is 9.96. The van der Waals surface area contributed by atoms with E-state index >= 15 is 0 Å². The summed E-state index contributed by atoms with van der Waals surface area (Å²) in [7, 11) is 0. The van der Waals surface area contributed by atoms with Gasteiger partial charge in [-0.25, -0.2) is 13.8 Å². The number of amides is 1. The highest BCUT2D eigenvalue weighted by Crippen LogP contribution is 2.31. The Hall–Kier alpha value is -2.54. The van der Waals surface area contributed by atoms with Gasteiger partial charge in [-0.3, -0.25) is 4.79 Å². The molecule has 1 saturated heterocycles. The molecule has 7 heteroatoms. The quantitative estimate of drug-likeness (QED) is 0.733. The Kier molecular flexibility index (Phi) is 5.03. The fraction of sp³-hybridized carbons (Fsp3) is 0.300. The zero-order chi connectivity index (χ0) is 18.8. The monoisotopic (exact) mass is 387 g/mol. The van der Waals surface area contributed by atoms with Crippen LogP contribution in [0.25, 0.3) is 10.2 Å². The van der Waals surface area contributed by atoms with Gasteiger partial charge in [-0.1, -0.05) is 29.5 Å². The number of hydrogen-bond donors (Lipinski definition) is 1. The smallest absolute Gasteiger partial charge is 0.223 e. The summed E-state index contributed by atoms with van der Waals surface area (Å²) in [6.07, 6.45) is 1.46. The Balaban J connectivity index is 1.32. The van der Waals surface area contributed by atoms with Gasteiger partial charge in [-0.2, -0.15) is 0 Å². The van der Waals surface area contributed by atoms with Crippen LogP contribution in [0.2, 0.25) is 0 Å². The number of thiazole rings is 1. The molecule has 1 aliphatic heterocycles. The van der Waals surface area contributed by atoms with Crippen LogP contribution >= 0.6 is 11.3 Å². The molecule has 1 aliphatic rings. The van der Waals surface area contributed by atoms with Crippen molar-refractivity contribution in [2.75, 3.05) is 18.0 Å². The van der Waals surface area contributed by atoms with Gasteiger partial charge in [0.05, 0.1) is 10.2 Å². The maximum atomic E-state index is 13.7. The summed E-state index contributed by atoms with van der Waals surface area (Å²) >= 11 is 1.67. The molecular formula is C20H19F2N3OS. The molecule has 1 aromatic heterocycles. The molecule has 0 unspecified atom stereocenters. The van der Waals surface area contributed by atoms with Crippen LogP contribution in [-0.2, 0) is 11.3 Å². The topological polar surface area (TPSA) is 45.2 Å². The molecule has 0 aliphatic carbocycles. The summed E-state index contributed by atoms with van der Waals surface area (Å²) in [5.74, 6) is -1.44. The van der Waals surface area contributed by atoms with E-state index in [1.807, 2.05) is 18.2 Å². The Morgan fingerprint density at radius 1 is 1.19 bits per heavy atom. The van der Waals surface area contributed by atoms with E-state index in [9.17, 15) is 13.6 Å². The van der Waals surface area contributed by atoms with Crippen LogP contribution < -0.4 is 10.2 Å². The average molecular weight is 387 g/mol. The SMILES string of the molecule is O=C(NCc1ccc(F)cc1F)C1CCN(c2nc3ccccc3s2)CC1. The first-order valence-electron chi connectivity index (χ1n) is 8.92. The van der Waals surface area contributed by atoms with Crippen molar-refractivity contribution in [1.29, 1.82) is 0 Å². The standard InChI is InChI=1S/C20H19F2N3OS/c21-15-6-5-14(16(22)11-15)12-23-19(26)13-7-9-25(10-8-13)20-24-17-3-1-2-4-18(17)27-20/h1-6,11,13H,7-10,12H2,(H,23,26). The van der Waals surface area contributed by atoms with Crippen LogP contribution in [-0.4, -0.2) is 24.0 Å². The number of nitrogens with zero attached hydrogens (tertiary/aromatic N) is 2. The molecule has 0 saturated carbocycles. The van der Waals surface area contributed by atoms with Gasteiger partial charge in [0.25, 0.3) is 0 Å². The number of rotatable bonds is 4. The summed E-state index contributed by atoms with van der Waals surface area (Å²) in [5, 5.41) is 3.76. The van der Waals surface area contributed by atoms with E-state index in [2.05, 4.69) is 21.3 Å². The minimum atomic E-state index is -0.638. The molecule has 3 aromatic rings. The second-order valence-electron chi connectivity index (χ2n) is 6.68. The van der Waals surface area contributed by atoms with Crippen LogP contribution in [0.15, 0.2) is 42.5 Å². The van der Waals surface area contributed by atoms with Crippen LogP contribution in [0.5, 0.6) is 0 Å². The van der Waals surface area contributed by atoms with Gasteiger partial charge < -0.3 is 10.2 Å². The molecule has 0 bridgehead atoms. The van der Waals surface area contributed by atoms with Crippen LogP contribution in [0.4, 0.5) is 13.9 Å². The molecule has 0 spiro atoms. The molecule has 27 heavy (non-hydrogen) atoms. The molecule has 2 heterocycles. The van der Waals surface area contributed by atoms with E-state index in [0.717, 1.165) is 47.3 Å². The van der Waals surface area contributed by atoms with Gasteiger partial charge in [0.1, 0.15) is 11.6 Å². The Morgan fingerprint density at radius 3 is 2.70 bits per heavy atom. The molecular weight excluding hydrogens is 368 g/mol. The number of halogens is 2. The molecule has 1 fully saturated rings. The van der Waals surface area contributed by atoms with Gasteiger partial charge in [0.2, 0.25) is 5.91 Å². The second-order valence-corrected chi connectivity index (χ2v) is 7.69. The molecule has 4 rings (SSSR count). The highest BCUT2D eigenvalue weighted by atomic mass is 32.1. The first kappa shape index (κ1) is 17.9. The fourth-order valence-corrected chi connectivity index (χ4v) is 4.34. The Bertz CT molecular complexity index is 934. The van der Waals surface area contributed by atoms with Crippen molar-refractivity contribution in [3.63, 3.8) is 0 Å². The number of benzene rings is 2. The zero-order valence-electron chi connectivity index (χ0n) is 14.6. The Labute approximate surface area is 159 Å². The number of carbonyl (C=O) groups excluding carboxylic acids is 1. The summed E-state index contributed by atoms with van der Waals surface area (Å²) in [5.41, 5.74) is 1.29. The number of nitrogens with one attached hydrogen (secondary N) is 1. The molecule has 140 valence electrons. The van der Waals surface area contributed by atoms with E-state index in [1.54, 1.807) is 11.3 Å². The lowest BCUT2D eigenvalue weighted by molar-refractivity contribution is -0.125. The number of fused-ring (bicyclic) bond motifs is 1. The number of aromatic nitrogens is 1. The Morgan fingerprint density at radius 2 is 1.96 bits per heavy atom. The third kappa shape index (κ3) is 3.93. The average Bonchev–Trinajstić information content (AvgIpc) is 3.11. The summed E-state index contributed by atoms with van der Waals surface area (Å²) < 4.78 is 27.8. The largest absolute Gasteiger partial charge is 0.352 e. The number of carbonyl (C=O) groups is 1. The molecule has 0 radical (unpaired) electrons. The van der Waals surface area contributed by atoms with E-state index < -0.39 is 11.6 Å². The van der Waals surface area contributed by atoms with Crippen molar-refractivity contribution in [3.05, 3.63) is 59.7 Å². The minimum absolute atomic E-state index is 0.0725. The second kappa shape index (κ2) is 7.60. The molecule has 2 aromatic carbocycles. The van der Waals surface area contributed by atoms with Crippen molar-refractivity contribution >= 4 is 32.6 Å². The third-order valence-corrected chi connectivity index (χ3v) is 5.98. The van der Waals surface area contributed by atoms with Gasteiger partial charge in [0, 0.05) is 37.2 Å². The van der Waals surface area contributed by atoms with Crippen molar-refractivity contribution in [2.45, 2.75) is 19.4 Å². The predicted octanol–water partition coefficient (Wildman–Crippen LogP) is 4.11. The lowest BCUT2D eigenvalue weighted by Crippen LogP contribution is -2.40. The van der Waals surface area contributed by atoms with Gasteiger partial charge in [0.15, 0.2) is 5.13 Å². The maximum Gasteiger partial charge on any atom is 0.223 e. The van der Waals surface area contributed by atoms with Crippen LogP contribution in [0.3, 0.4) is 0 Å². The molecule has 1 amide bonds. The molecule has 4 nitrogen and oxygen atoms in total. The van der Waals surface area contributed by atoms with Crippen molar-refractivity contribution in [1.82, 2.24) is 10.3 Å². The van der Waals surface area contributed by atoms with E-state index in [-0.39, 0.29) is 23.9 Å². The molecule has 1 N–H and O–H groups in total. The summed E-state index contributed by atoms with van der Waals surface area (Å²) in [6.45, 7) is 1.61. The summed E-state index contributed by atoms with van der Waals surface area (Å²) in [6, 6.07) is 11.4. The van der Waals surface area contributed by atoms with Crippen molar-refractivity contribution in [2.24, 2.45) is 5.92 Å². The zero-order valence-corrected chi connectivity index (χ0v) is 15.4. The van der Waals surface area contributed by atoms with E-state index in [0.29, 0.717) is 0 Å². The third-order valence-electron chi connectivity index (χ3n) is 4.89. The first-order chi connectivity index (χ1) is 13.1. The number of hydrogen-bond acceptors (Lipinski definition) is 4. The normalized spacial score (nSPS) is 15.3. The summed E-state index contributed by atoms with van der Waals surface area (Å²) in [4.78, 5) is 19.3. The van der Waals surface area contributed by atoms with E-state index in [1.165, 1.54) is 12.1 Å².